The van der Waals surface area contributed by atoms with Gasteiger partial charge in [-0.25, -0.2) is 0 Å². The molecule has 0 fully saturated rings. The van der Waals surface area contributed by atoms with E-state index in [4.69, 9.17) is 9.47 Å². The van der Waals surface area contributed by atoms with E-state index in [1.165, 1.54) is 103 Å². The van der Waals surface area contributed by atoms with Crippen LogP contribution in [0.1, 0.15) is 284 Å². The first-order valence-electron chi connectivity index (χ1n) is 36.3. The maximum atomic E-state index is 12.4. The lowest BCUT2D eigenvalue weighted by Crippen LogP contribution is -2.28. The van der Waals surface area contributed by atoms with E-state index < -0.39 is 6.10 Å². The molecule has 5 heteroatoms. The molecule has 0 bridgehead atoms. The summed E-state index contributed by atoms with van der Waals surface area (Å²) in [4.78, 5) is 24.7. The molecule has 0 saturated carbocycles. The van der Waals surface area contributed by atoms with Crippen LogP contribution in [0.2, 0.25) is 0 Å². The maximum Gasteiger partial charge on any atom is 0.306 e. The Hall–Kier alpha value is -5.78. The zero-order valence-corrected chi connectivity index (χ0v) is 57.6. The van der Waals surface area contributed by atoms with E-state index in [2.05, 4.69) is 233 Å². The summed E-state index contributed by atoms with van der Waals surface area (Å²) in [5.41, 5.74) is 0. The van der Waals surface area contributed by atoms with Gasteiger partial charge >= 0.3 is 11.9 Å². The lowest BCUT2D eigenvalue weighted by molar-refractivity contribution is -0.161. The van der Waals surface area contributed by atoms with E-state index in [0.29, 0.717) is 12.8 Å². The van der Waals surface area contributed by atoms with E-state index in [9.17, 15) is 14.7 Å². The highest BCUT2D eigenvalue weighted by atomic mass is 16.6. The number of allylic oxidation sites excluding steroid dienone is 36. The predicted octanol–water partition coefficient (Wildman–Crippen LogP) is 25.9. The molecule has 90 heavy (non-hydrogen) atoms. The first kappa shape index (κ1) is 84.2. The Morgan fingerprint density at radius 3 is 0.689 bits per heavy atom. The number of unbranched alkanes of at least 4 members (excludes halogenated alkanes) is 20. The second-order valence-electron chi connectivity index (χ2n) is 23.2. The van der Waals surface area contributed by atoms with Gasteiger partial charge in [0.05, 0.1) is 6.61 Å². The molecular formula is C85H132O5. The molecule has 5 nitrogen and oxygen atoms in total. The molecule has 1 unspecified atom stereocenters. The standard InChI is InChI=1S/C85H132O5/c1-3-5-7-9-11-13-15-17-19-21-23-25-27-29-31-33-35-37-39-41-42-44-46-48-50-52-54-56-58-60-62-64-66-68-70-72-74-76-78-80-85(88)90-83(81-86)82-89-84(87)79-77-75-73-71-69-67-65-63-61-59-57-55-53-51-49-47-45-43-40-38-36-34-32-30-28-26-24-22-20-18-16-14-12-10-8-6-4-2/h5-8,11-14,17-20,23-26,29-32,35-38,41-42,46,48,52,54,58,60,64,66,70,72,83,86H,3-4,9-10,15-16,21-22,27-28,33-34,39-40,43-45,47,49-51,53,55-57,59,61-63,65,67-69,71,73-82H2,1-2H3/b7-5-,8-6-,13-11-,14-12-,19-17-,20-18-,25-23-,26-24-,31-29-,32-30-,37-35-,38-36-,42-41-,48-46-,54-52-,60-58-,66-64-,72-70-. The van der Waals surface area contributed by atoms with Gasteiger partial charge in [0.2, 0.25) is 0 Å². The summed E-state index contributed by atoms with van der Waals surface area (Å²) < 4.78 is 10.7. The molecule has 0 aromatic heterocycles. The number of aliphatic hydroxyl groups excluding tert-OH is 1. The molecule has 0 aliphatic heterocycles. The second-order valence-corrected chi connectivity index (χ2v) is 23.2. The molecule has 0 radical (unpaired) electrons. The zero-order chi connectivity index (χ0) is 64.7. The highest BCUT2D eigenvalue weighted by Crippen LogP contribution is 2.16. The molecule has 0 heterocycles. The number of hydrogen-bond acceptors (Lipinski definition) is 5. The average Bonchev–Trinajstić information content (AvgIpc) is 3.59. The Labute approximate surface area is 554 Å². The first-order chi connectivity index (χ1) is 44.6. The molecule has 0 spiro atoms. The summed E-state index contributed by atoms with van der Waals surface area (Å²) in [6, 6.07) is 0. The molecule has 0 aromatic rings. The summed E-state index contributed by atoms with van der Waals surface area (Å²) in [6.45, 7) is 3.88. The molecule has 0 aliphatic carbocycles. The summed E-state index contributed by atoms with van der Waals surface area (Å²) in [6.07, 6.45) is 125. The van der Waals surface area contributed by atoms with Gasteiger partial charge in [-0.3, -0.25) is 9.59 Å². The van der Waals surface area contributed by atoms with Crippen LogP contribution in [0.25, 0.3) is 0 Å². The van der Waals surface area contributed by atoms with Gasteiger partial charge in [-0.05, 0) is 154 Å². The number of esters is 2. The van der Waals surface area contributed by atoms with Crippen LogP contribution in [0.4, 0.5) is 0 Å². The number of carbonyl (C=O) groups is 2. The molecule has 1 atom stereocenters. The van der Waals surface area contributed by atoms with Crippen molar-refractivity contribution in [2.24, 2.45) is 0 Å². The highest BCUT2D eigenvalue weighted by molar-refractivity contribution is 5.70. The zero-order valence-electron chi connectivity index (χ0n) is 57.6. The van der Waals surface area contributed by atoms with Gasteiger partial charge in [-0.15, -0.1) is 0 Å². The van der Waals surface area contributed by atoms with Crippen molar-refractivity contribution in [3.63, 3.8) is 0 Å². The van der Waals surface area contributed by atoms with Gasteiger partial charge in [0.15, 0.2) is 6.10 Å². The normalized spacial score (nSPS) is 13.6. The number of aliphatic hydroxyl groups is 1. The summed E-state index contributed by atoms with van der Waals surface area (Å²) in [5, 5.41) is 9.70. The third-order valence-electron chi connectivity index (χ3n) is 14.8. The maximum absolute atomic E-state index is 12.4. The third kappa shape index (κ3) is 74.7. The van der Waals surface area contributed by atoms with Crippen LogP contribution < -0.4 is 0 Å². The van der Waals surface area contributed by atoms with E-state index >= 15 is 0 Å². The number of carbonyl (C=O) groups excluding carboxylic acids is 2. The second kappa shape index (κ2) is 77.5. The lowest BCUT2D eigenvalue weighted by atomic mass is 10.0. The Morgan fingerprint density at radius 1 is 0.256 bits per heavy atom. The fourth-order valence-corrected chi connectivity index (χ4v) is 9.42. The van der Waals surface area contributed by atoms with Gasteiger partial charge in [0.1, 0.15) is 6.61 Å². The van der Waals surface area contributed by atoms with Crippen molar-refractivity contribution in [1.82, 2.24) is 0 Å². The highest BCUT2D eigenvalue weighted by Gasteiger charge is 2.16. The largest absolute Gasteiger partial charge is 0.462 e. The Morgan fingerprint density at radius 2 is 0.444 bits per heavy atom. The molecule has 0 amide bonds. The van der Waals surface area contributed by atoms with Crippen LogP contribution in [0.3, 0.4) is 0 Å². The topological polar surface area (TPSA) is 72.8 Å². The van der Waals surface area contributed by atoms with Crippen molar-refractivity contribution in [2.75, 3.05) is 13.2 Å². The van der Waals surface area contributed by atoms with Crippen molar-refractivity contribution >= 4 is 11.9 Å². The number of rotatable bonds is 64. The minimum atomic E-state index is -0.812. The fraction of sp³-hybridized carbons (Fsp3) is 0.553. The van der Waals surface area contributed by atoms with E-state index in [1.54, 1.807) is 0 Å². The van der Waals surface area contributed by atoms with Crippen molar-refractivity contribution in [1.29, 1.82) is 0 Å². The Kier molecular flexibility index (Phi) is 72.5. The van der Waals surface area contributed by atoms with Gasteiger partial charge in [0.25, 0.3) is 0 Å². The summed E-state index contributed by atoms with van der Waals surface area (Å²) >= 11 is 0. The Bertz CT molecular complexity index is 2130. The fourth-order valence-electron chi connectivity index (χ4n) is 9.42. The van der Waals surface area contributed by atoms with Crippen LogP contribution in [0.5, 0.6) is 0 Å². The number of ether oxygens (including phenoxy) is 2. The van der Waals surface area contributed by atoms with E-state index in [0.717, 1.165) is 148 Å². The van der Waals surface area contributed by atoms with Crippen molar-refractivity contribution in [3.8, 4) is 0 Å². The predicted molar refractivity (Wildman–Crippen MR) is 398 cm³/mol. The third-order valence-corrected chi connectivity index (χ3v) is 14.8. The summed E-state index contributed by atoms with van der Waals surface area (Å²) in [7, 11) is 0. The molecule has 0 saturated heterocycles. The Balaban J connectivity index is 3.62. The number of hydrogen-bond donors (Lipinski definition) is 1. The lowest BCUT2D eigenvalue weighted by Gasteiger charge is -2.15. The quantitative estimate of drug-likeness (QED) is 0.0373. The van der Waals surface area contributed by atoms with Crippen molar-refractivity contribution in [3.05, 3.63) is 219 Å². The van der Waals surface area contributed by atoms with Crippen LogP contribution in [-0.2, 0) is 19.1 Å². The minimum Gasteiger partial charge on any atom is -0.462 e. The summed E-state index contributed by atoms with van der Waals surface area (Å²) in [5.74, 6) is -0.650. The smallest absolute Gasteiger partial charge is 0.306 e. The minimum absolute atomic E-state index is 0.0952. The van der Waals surface area contributed by atoms with Gasteiger partial charge in [-0.2, -0.15) is 0 Å². The molecular weight excluding hydrogens is 1100 g/mol. The molecule has 502 valence electrons. The van der Waals surface area contributed by atoms with Gasteiger partial charge < -0.3 is 14.6 Å². The average molecular weight is 1230 g/mol. The van der Waals surface area contributed by atoms with E-state index in [-0.39, 0.29) is 31.6 Å². The van der Waals surface area contributed by atoms with Crippen LogP contribution in [0, 0.1) is 0 Å². The van der Waals surface area contributed by atoms with E-state index in [1.807, 2.05) is 0 Å². The molecule has 0 rings (SSSR count). The van der Waals surface area contributed by atoms with Gasteiger partial charge in [-0.1, -0.05) is 335 Å². The van der Waals surface area contributed by atoms with Crippen molar-refractivity contribution in [2.45, 2.75) is 290 Å². The van der Waals surface area contributed by atoms with Crippen LogP contribution in [0.15, 0.2) is 219 Å². The SMILES string of the molecule is CC/C=C\C/C=C\C/C=C\C/C=C\C/C=C\C/C=C\C/C=C\C/C=C\C/C=C\C/C=C\C/C=C\C/C=C\CCCCC(=O)OC(CO)COC(=O)CCCCCCCCCCCCCCCCCCCC/C=C\C/C=C\C/C=C\C/C=C\C/C=C\C/C=C\CC. The first-order valence-corrected chi connectivity index (χ1v) is 36.3. The molecule has 0 aliphatic rings. The molecule has 1 N–H and O–H groups in total. The van der Waals surface area contributed by atoms with Crippen molar-refractivity contribution < 1.29 is 24.2 Å². The molecule has 0 aromatic carbocycles. The van der Waals surface area contributed by atoms with Crippen LogP contribution >= 0.6 is 0 Å². The monoisotopic (exact) mass is 1230 g/mol. The van der Waals surface area contributed by atoms with Gasteiger partial charge in [0, 0.05) is 12.8 Å². The van der Waals surface area contributed by atoms with Crippen LogP contribution in [-0.4, -0.2) is 36.4 Å².